The van der Waals surface area contributed by atoms with E-state index in [1.807, 2.05) is 6.07 Å². The number of hydrogen-bond donors (Lipinski definition) is 0. The number of aromatic nitrogens is 1. The first-order valence-corrected chi connectivity index (χ1v) is 7.12. The van der Waals surface area contributed by atoms with E-state index in [1.54, 1.807) is 29.8 Å². The predicted molar refractivity (Wildman–Crippen MR) is 68.8 cm³/mol. The number of rotatable bonds is 3. The van der Waals surface area contributed by atoms with Gasteiger partial charge in [-0.1, -0.05) is 12.1 Å². The number of fused-ring (bicyclic) bond motifs is 1. The zero-order valence-corrected chi connectivity index (χ0v) is 10.9. The first kappa shape index (κ1) is 12.8. The molecule has 0 unspecified atom stereocenters. The maximum Gasteiger partial charge on any atom is 0.264 e. The molecule has 0 aliphatic rings. The third-order valence-corrected chi connectivity index (χ3v) is 3.23. The van der Waals surface area contributed by atoms with Crippen molar-refractivity contribution in [3.63, 3.8) is 0 Å². The summed E-state index contributed by atoms with van der Waals surface area (Å²) in [6, 6.07) is 8.55. The van der Waals surface area contributed by atoms with Crippen molar-refractivity contribution < 1.29 is 12.6 Å². The van der Waals surface area contributed by atoms with Gasteiger partial charge in [0.1, 0.15) is 6.61 Å². The van der Waals surface area contributed by atoms with Gasteiger partial charge in [0, 0.05) is 24.2 Å². The molecule has 0 amide bonds. The van der Waals surface area contributed by atoms with Gasteiger partial charge in [0.2, 0.25) is 0 Å². The van der Waals surface area contributed by atoms with E-state index in [1.165, 1.54) is 6.07 Å². The molecule has 0 spiro atoms. The first-order chi connectivity index (χ1) is 8.38. The summed E-state index contributed by atoms with van der Waals surface area (Å²) >= 11 is 0. The van der Waals surface area contributed by atoms with Crippen LogP contribution >= 0.6 is 0 Å². The second-order valence-electron chi connectivity index (χ2n) is 4.04. The molecule has 0 saturated heterocycles. The fraction of sp³-hybridized carbons (Fsp3) is 0.250. The zero-order chi connectivity index (χ0) is 13.3. The van der Waals surface area contributed by atoms with Crippen LogP contribution in [-0.4, -0.2) is 19.2 Å². The van der Waals surface area contributed by atoms with Crippen LogP contribution in [0.5, 0.6) is 0 Å². The predicted octanol–water partition coefficient (Wildman–Crippen LogP) is 1.01. The van der Waals surface area contributed by atoms with Crippen LogP contribution in [0.3, 0.4) is 0 Å². The summed E-state index contributed by atoms with van der Waals surface area (Å²) in [5.41, 5.74) is 1.12. The lowest BCUT2D eigenvalue weighted by atomic mass is 10.2. The van der Waals surface area contributed by atoms with Crippen molar-refractivity contribution in [3.05, 3.63) is 46.2 Å². The Morgan fingerprint density at radius 3 is 2.61 bits per heavy atom. The second-order valence-corrected chi connectivity index (χ2v) is 5.69. The van der Waals surface area contributed by atoms with E-state index in [9.17, 15) is 13.2 Å². The number of pyridine rings is 1. The minimum Gasteiger partial charge on any atom is -0.345 e. The summed E-state index contributed by atoms with van der Waals surface area (Å²) in [5, 5.41) is 0.600. The van der Waals surface area contributed by atoms with Crippen molar-refractivity contribution in [2.75, 3.05) is 6.26 Å². The highest BCUT2D eigenvalue weighted by molar-refractivity contribution is 7.85. The van der Waals surface area contributed by atoms with Crippen molar-refractivity contribution in [1.29, 1.82) is 0 Å². The van der Waals surface area contributed by atoms with Gasteiger partial charge in [-0.15, -0.1) is 0 Å². The topological polar surface area (TPSA) is 65.4 Å². The van der Waals surface area contributed by atoms with Gasteiger partial charge in [0.15, 0.2) is 5.43 Å². The van der Waals surface area contributed by atoms with E-state index >= 15 is 0 Å². The van der Waals surface area contributed by atoms with E-state index in [0.29, 0.717) is 11.1 Å². The zero-order valence-electron chi connectivity index (χ0n) is 10.1. The summed E-state index contributed by atoms with van der Waals surface area (Å²) < 4.78 is 28.4. The van der Waals surface area contributed by atoms with Crippen LogP contribution in [0.1, 0.15) is 5.69 Å². The van der Waals surface area contributed by atoms with Crippen LogP contribution in [0, 0.1) is 0 Å². The SMILES string of the molecule is Cn1c(COS(C)(=O)=O)cc(=O)c2ccccc21. The average molecular weight is 267 g/mol. The van der Waals surface area contributed by atoms with Gasteiger partial charge in [-0.2, -0.15) is 8.42 Å². The Morgan fingerprint density at radius 1 is 1.28 bits per heavy atom. The van der Waals surface area contributed by atoms with Crippen LogP contribution in [0.2, 0.25) is 0 Å². The lowest BCUT2D eigenvalue weighted by Gasteiger charge is -2.11. The summed E-state index contributed by atoms with van der Waals surface area (Å²) in [4.78, 5) is 11.9. The molecule has 0 N–H and O–H groups in total. The smallest absolute Gasteiger partial charge is 0.264 e. The Labute approximate surface area is 105 Å². The Hall–Kier alpha value is -1.66. The summed E-state index contributed by atoms with van der Waals surface area (Å²) in [6.45, 7) is -0.143. The molecule has 0 atom stereocenters. The minimum absolute atomic E-state index is 0.143. The van der Waals surface area contributed by atoms with Crippen molar-refractivity contribution >= 4 is 21.0 Å². The van der Waals surface area contributed by atoms with Crippen molar-refractivity contribution in [1.82, 2.24) is 4.57 Å². The van der Waals surface area contributed by atoms with Gasteiger partial charge in [0.25, 0.3) is 10.1 Å². The summed E-state index contributed by atoms with van der Waals surface area (Å²) in [5.74, 6) is 0. The Bertz CT molecular complexity index is 746. The van der Waals surface area contributed by atoms with Crippen LogP contribution < -0.4 is 5.43 Å². The fourth-order valence-corrected chi connectivity index (χ4v) is 2.10. The van der Waals surface area contributed by atoms with Crippen molar-refractivity contribution in [2.45, 2.75) is 6.61 Å². The maximum atomic E-state index is 11.9. The summed E-state index contributed by atoms with van der Waals surface area (Å²) in [7, 11) is -1.75. The van der Waals surface area contributed by atoms with Gasteiger partial charge in [-0.05, 0) is 12.1 Å². The van der Waals surface area contributed by atoms with Crippen molar-refractivity contribution in [3.8, 4) is 0 Å². The van der Waals surface area contributed by atoms with Gasteiger partial charge in [-0.3, -0.25) is 8.98 Å². The Balaban J connectivity index is 2.53. The lowest BCUT2D eigenvalue weighted by Crippen LogP contribution is -2.14. The molecule has 0 saturated carbocycles. The van der Waals surface area contributed by atoms with E-state index in [-0.39, 0.29) is 12.0 Å². The van der Waals surface area contributed by atoms with Gasteiger partial charge >= 0.3 is 0 Å². The monoisotopic (exact) mass is 267 g/mol. The van der Waals surface area contributed by atoms with E-state index in [2.05, 4.69) is 0 Å². The fourth-order valence-electron chi connectivity index (χ4n) is 1.76. The number of para-hydroxylation sites is 1. The highest BCUT2D eigenvalue weighted by atomic mass is 32.2. The molecule has 5 nitrogen and oxygen atoms in total. The quantitative estimate of drug-likeness (QED) is 0.779. The minimum atomic E-state index is -3.52. The number of aryl methyl sites for hydroxylation is 1. The second kappa shape index (κ2) is 4.55. The molecule has 18 heavy (non-hydrogen) atoms. The Kier molecular flexibility index (Phi) is 3.23. The molecular formula is C12H13NO4S. The molecule has 2 rings (SSSR count). The molecule has 6 heteroatoms. The highest BCUT2D eigenvalue weighted by Crippen LogP contribution is 2.12. The van der Waals surface area contributed by atoms with E-state index < -0.39 is 10.1 Å². The molecule has 2 aromatic rings. The molecule has 0 radical (unpaired) electrons. The lowest BCUT2D eigenvalue weighted by molar-refractivity contribution is 0.303. The average Bonchev–Trinajstić information content (AvgIpc) is 2.31. The normalized spacial score (nSPS) is 11.9. The van der Waals surface area contributed by atoms with Crippen LogP contribution in [0.25, 0.3) is 10.9 Å². The third kappa shape index (κ3) is 2.60. The molecule has 0 bridgehead atoms. The van der Waals surface area contributed by atoms with Gasteiger partial charge < -0.3 is 4.57 Å². The molecule has 1 aromatic heterocycles. The first-order valence-electron chi connectivity index (χ1n) is 5.30. The molecular weight excluding hydrogens is 254 g/mol. The van der Waals surface area contributed by atoms with Gasteiger partial charge in [0.05, 0.1) is 11.8 Å². The molecule has 0 fully saturated rings. The van der Waals surface area contributed by atoms with Gasteiger partial charge in [-0.25, -0.2) is 0 Å². The van der Waals surface area contributed by atoms with Crippen LogP contribution in [0.4, 0.5) is 0 Å². The maximum absolute atomic E-state index is 11.9. The molecule has 96 valence electrons. The van der Waals surface area contributed by atoms with E-state index in [4.69, 9.17) is 4.18 Å². The van der Waals surface area contributed by atoms with Crippen LogP contribution in [0.15, 0.2) is 35.1 Å². The molecule has 0 aliphatic heterocycles. The summed E-state index contributed by atoms with van der Waals surface area (Å²) in [6.07, 6.45) is 0.978. The number of benzene rings is 1. The molecule has 0 aliphatic carbocycles. The molecule has 1 aromatic carbocycles. The Morgan fingerprint density at radius 2 is 1.94 bits per heavy atom. The standard InChI is InChI=1S/C12H13NO4S/c1-13-9(8-17-18(2,15)16)7-12(14)10-5-3-4-6-11(10)13/h3-7H,8H2,1-2H3. The number of hydrogen-bond acceptors (Lipinski definition) is 4. The van der Waals surface area contributed by atoms with E-state index in [0.717, 1.165) is 11.8 Å². The highest BCUT2D eigenvalue weighted by Gasteiger charge is 2.08. The van der Waals surface area contributed by atoms with Crippen LogP contribution in [-0.2, 0) is 28.0 Å². The number of nitrogens with zero attached hydrogens (tertiary/aromatic N) is 1. The van der Waals surface area contributed by atoms with Crippen molar-refractivity contribution in [2.24, 2.45) is 7.05 Å². The third-order valence-electron chi connectivity index (χ3n) is 2.68. The molecule has 1 heterocycles. The largest absolute Gasteiger partial charge is 0.345 e.